The van der Waals surface area contributed by atoms with Gasteiger partial charge in [0, 0.05) is 19.3 Å². The monoisotopic (exact) mass is 368 g/mol. The van der Waals surface area contributed by atoms with Crippen LogP contribution in [0, 0.1) is 5.92 Å². The Labute approximate surface area is 155 Å². The van der Waals surface area contributed by atoms with Gasteiger partial charge in [-0.15, -0.1) is 0 Å². The standard InChI is InChI=1S/C19H20N4O2S/c1-25-15-6-7-16-17(10-15)26-19(22-16)23-9-3-4-13(12-23)18(24)21-14-5-2-8-20-11-14/h2,5-8,10-11,13H,3-4,9,12H2,1H3,(H,21,24)/t13-/m1/s1. The molecule has 0 spiro atoms. The molecule has 26 heavy (non-hydrogen) atoms. The molecule has 0 bridgehead atoms. The van der Waals surface area contributed by atoms with E-state index in [0.717, 1.165) is 46.2 Å². The van der Waals surface area contributed by atoms with Crippen molar-refractivity contribution in [1.82, 2.24) is 9.97 Å². The van der Waals surface area contributed by atoms with Gasteiger partial charge in [-0.25, -0.2) is 4.98 Å². The maximum absolute atomic E-state index is 12.6. The van der Waals surface area contributed by atoms with E-state index in [9.17, 15) is 4.79 Å². The van der Waals surface area contributed by atoms with E-state index in [4.69, 9.17) is 9.72 Å². The molecule has 2 aromatic heterocycles. The van der Waals surface area contributed by atoms with Crippen LogP contribution in [0.1, 0.15) is 12.8 Å². The highest BCUT2D eigenvalue weighted by atomic mass is 32.1. The second-order valence-electron chi connectivity index (χ2n) is 6.35. The molecule has 3 heterocycles. The number of hydrogen-bond acceptors (Lipinski definition) is 6. The van der Waals surface area contributed by atoms with Gasteiger partial charge in [-0.3, -0.25) is 9.78 Å². The first-order valence-corrected chi connectivity index (χ1v) is 9.45. The molecule has 1 saturated heterocycles. The molecule has 1 aliphatic rings. The Balaban J connectivity index is 1.48. The lowest BCUT2D eigenvalue weighted by Gasteiger charge is -2.31. The number of carbonyl (C=O) groups is 1. The molecule has 6 nitrogen and oxygen atoms in total. The Kier molecular flexibility index (Phi) is 4.71. The number of benzene rings is 1. The topological polar surface area (TPSA) is 67.3 Å². The van der Waals surface area contributed by atoms with Crippen molar-refractivity contribution in [3.63, 3.8) is 0 Å². The third kappa shape index (κ3) is 3.48. The predicted molar refractivity (Wildman–Crippen MR) is 104 cm³/mol. The summed E-state index contributed by atoms with van der Waals surface area (Å²) < 4.78 is 6.39. The summed E-state index contributed by atoms with van der Waals surface area (Å²) in [5.74, 6) is 0.830. The molecule has 0 saturated carbocycles. The van der Waals surface area contributed by atoms with E-state index in [1.165, 1.54) is 0 Å². The number of aromatic nitrogens is 2. The van der Waals surface area contributed by atoms with Crippen LogP contribution in [0.3, 0.4) is 0 Å². The smallest absolute Gasteiger partial charge is 0.229 e. The summed E-state index contributed by atoms with van der Waals surface area (Å²) in [6, 6.07) is 9.58. The quantitative estimate of drug-likeness (QED) is 0.763. The van der Waals surface area contributed by atoms with Gasteiger partial charge in [-0.05, 0) is 43.2 Å². The zero-order valence-corrected chi connectivity index (χ0v) is 15.3. The molecule has 3 aromatic rings. The number of thiazole rings is 1. The van der Waals surface area contributed by atoms with Gasteiger partial charge in [0.25, 0.3) is 0 Å². The van der Waals surface area contributed by atoms with Crippen molar-refractivity contribution < 1.29 is 9.53 Å². The Morgan fingerprint density at radius 1 is 1.38 bits per heavy atom. The molecule has 1 amide bonds. The molecule has 1 aromatic carbocycles. The number of amides is 1. The van der Waals surface area contributed by atoms with Gasteiger partial charge in [-0.2, -0.15) is 0 Å². The van der Waals surface area contributed by atoms with Crippen LogP contribution < -0.4 is 15.0 Å². The molecule has 1 N–H and O–H groups in total. The number of anilines is 2. The molecule has 0 unspecified atom stereocenters. The molecule has 1 fully saturated rings. The van der Waals surface area contributed by atoms with Gasteiger partial charge >= 0.3 is 0 Å². The Hall–Kier alpha value is -2.67. The number of nitrogens with one attached hydrogen (secondary N) is 1. The first-order chi connectivity index (χ1) is 12.7. The lowest BCUT2D eigenvalue weighted by molar-refractivity contribution is -0.120. The lowest BCUT2D eigenvalue weighted by Crippen LogP contribution is -2.40. The van der Waals surface area contributed by atoms with Crippen LogP contribution in [0.2, 0.25) is 0 Å². The Bertz CT molecular complexity index is 912. The fraction of sp³-hybridized carbons (Fsp3) is 0.316. The number of pyridine rings is 1. The van der Waals surface area contributed by atoms with E-state index in [1.54, 1.807) is 30.8 Å². The van der Waals surface area contributed by atoms with Crippen LogP contribution in [0.4, 0.5) is 10.8 Å². The number of rotatable bonds is 4. The summed E-state index contributed by atoms with van der Waals surface area (Å²) in [5, 5.41) is 3.93. The fourth-order valence-electron chi connectivity index (χ4n) is 3.20. The van der Waals surface area contributed by atoms with Crippen LogP contribution >= 0.6 is 11.3 Å². The van der Waals surface area contributed by atoms with Crippen molar-refractivity contribution in [2.24, 2.45) is 5.92 Å². The van der Waals surface area contributed by atoms with Gasteiger partial charge in [-0.1, -0.05) is 11.3 Å². The van der Waals surface area contributed by atoms with Crippen LogP contribution in [-0.2, 0) is 4.79 Å². The van der Waals surface area contributed by atoms with Crippen LogP contribution in [0.15, 0.2) is 42.7 Å². The number of nitrogens with zero attached hydrogens (tertiary/aromatic N) is 3. The van der Waals surface area contributed by atoms with Crippen LogP contribution in [-0.4, -0.2) is 36.1 Å². The minimum Gasteiger partial charge on any atom is -0.497 e. The first kappa shape index (κ1) is 16.8. The van der Waals surface area contributed by atoms with Crippen molar-refractivity contribution >= 4 is 38.3 Å². The number of methoxy groups -OCH3 is 1. The molecular formula is C19H20N4O2S. The Morgan fingerprint density at radius 2 is 2.31 bits per heavy atom. The molecule has 1 atom stereocenters. The van der Waals surface area contributed by atoms with E-state index in [0.29, 0.717) is 6.54 Å². The van der Waals surface area contributed by atoms with Gasteiger partial charge in [0.2, 0.25) is 5.91 Å². The fourth-order valence-corrected chi connectivity index (χ4v) is 4.23. The SMILES string of the molecule is COc1ccc2nc(N3CCC[C@@H](C(=O)Nc4cccnc4)C3)sc2c1. The Morgan fingerprint density at radius 3 is 3.12 bits per heavy atom. The van der Waals surface area contributed by atoms with E-state index < -0.39 is 0 Å². The average molecular weight is 368 g/mol. The zero-order chi connectivity index (χ0) is 17.9. The van der Waals surface area contributed by atoms with E-state index in [2.05, 4.69) is 15.2 Å². The highest BCUT2D eigenvalue weighted by Gasteiger charge is 2.27. The van der Waals surface area contributed by atoms with E-state index >= 15 is 0 Å². The highest BCUT2D eigenvalue weighted by molar-refractivity contribution is 7.22. The molecule has 1 aliphatic heterocycles. The minimum absolute atomic E-state index is 0.0467. The summed E-state index contributed by atoms with van der Waals surface area (Å²) in [4.78, 5) is 23.6. The molecule has 0 aliphatic carbocycles. The van der Waals surface area contributed by atoms with Crippen LogP contribution in [0.25, 0.3) is 10.2 Å². The zero-order valence-electron chi connectivity index (χ0n) is 14.5. The second-order valence-corrected chi connectivity index (χ2v) is 7.36. The summed E-state index contributed by atoms with van der Waals surface area (Å²) in [5.41, 5.74) is 1.70. The molecule has 7 heteroatoms. The van der Waals surface area contributed by atoms with Gasteiger partial charge < -0.3 is 15.0 Å². The number of carbonyl (C=O) groups excluding carboxylic acids is 1. The molecule has 134 valence electrons. The van der Waals surface area contributed by atoms with Gasteiger partial charge in [0.15, 0.2) is 5.13 Å². The minimum atomic E-state index is -0.0505. The molecular weight excluding hydrogens is 348 g/mol. The summed E-state index contributed by atoms with van der Waals surface area (Å²) in [6.07, 6.45) is 5.23. The van der Waals surface area contributed by atoms with Gasteiger partial charge in [0.05, 0.1) is 35.1 Å². The summed E-state index contributed by atoms with van der Waals surface area (Å²) in [7, 11) is 1.67. The maximum Gasteiger partial charge on any atom is 0.229 e. The van der Waals surface area contributed by atoms with Crippen molar-refractivity contribution in [3.05, 3.63) is 42.7 Å². The molecule has 4 rings (SSSR count). The highest BCUT2D eigenvalue weighted by Crippen LogP contribution is 2.33. The van der Waals surface area contributed by atoms with Crippen molar-refractivity contribution in [3.8, 4) is 5.75 Å². The van der Waals surface area contributed by atoms with E-state index in [-0.39, 0.29) is 11.8 Å². The third-order valence-corrected chi connectivity index (χ3v) is 5.66. The molecule has 0 radical (unpaired) electrons. The van der Waals surface area contributed by atoms with Gasteiger partial charge in [0.1, 0.15) is 5.75 Å². The lowest BCUT2D eigenvalue weighted by atomic mass is 9.97. The second kappa shape index (κ2) is 7.29. The number of hydrogen-bond donors (Lipinski definition) is 1. The van der Waals surface area contributed by atoms with Crippen LogP contribution in [0.5, 0.6) is 5.75 Å². The average Bonchev–Trinajstić information content (AvgIpc) is 3.12. The number of ether oxygens (including phenoxy) is 1. The van der Waals surface area contributed by atoms with Crippen molar-refractivity contribution in [2.75, 3.05) is 30.4 Å². The summed E-state index contributed by atoms with van der Waals surface area (Å²) in [6.45, 7) is 1.61. The third-order valence-electron chi connectivity index (χ3n) is 4.58. The first-order valence-electron chi connectivity index (χ1n) is 8.63. The largest absolute Gasteiger partial charge is 0.497 e. The maximum atomic E-state index is 12.6. The van der Waals surface area contributed by atoms with Crippen molar-refractivity contribution in [1.29, 1.82) is 0 Å². The summed E-state index contributed by atoms with van der Waals surface area (Å²) >= 11 is 1.64. The number of piperidine rings is 1. The predicted octanol–water partition coefficient (Wildman–Crippen LogP) is 3.56. The number of fused-ring (bicyclic) bond motifs is 1. The van der Waals surface area contributed by atoms with E-state index in [1.807, 2.05) is 30.3 Å². The van der Waals surface area contributed by atoms with Crippen molar-refractivity contribution in [2.45, 2.75) is 12.8 Å². The normalized spacial score (nSPS) is 17.3.